The Bertz CT molecular complexity index is 694. The molecule has 7 heteroatoms. The van der Waals surface area contributed by atoms with Gasteiger partial charge in [-0.05, 0) is 25.8 Å². The van der Waals surface area contributed by atoms with Crippen LogP contribution in [0, 0.1) is 6.92 Å². The molecular formula is C16H25N5O2. The van der Waals surface area contributed by atoms with Crippen LogP contribution in [0.5, 0.6) is 6.01 Å². The molecule has 0 atom stereocenters. The summed E-state index contributed by atoms with van der Waals surface area (Å²) in [5, 5.41) is 4.59. The fraction of sp³-hybridized carbons (Fsp3) is 0.562. The highest BCUT2D eigenvalue weighted by atomic mass is 16.5. The predicted molar refractivity (Wildman–Crippen MR) is 87.7 cm³/mol. The van der Waals surface area contributed by atoms with Crippen molar-refractivity contribution in [3.05, 3.63) is 29.3 Å². The minimum atomic E-state index is -0.577. The Morgan fingerprint density at radius 2 is 2.09 bits per heavy atom. The number of amides is 1. The van der Waals surface area contributed by atoms with E-state index in [-0.39, 0.29) is 11.4 Å². The fourth-order valence-corrected chi connectivity index (χ4v) is 2.49. The number of ether oxygens (including phenoxy) is 1. The van der Waals surface area contributed by atoms with Crippen molar-refractivity contribution in [2.24, 2.45) is 5.73 Å². The van der Waals surface area contributed by atoms with Crippen LogP contribution in [0.3, 0.4) is 0 Å². The molecule has 2 heterocycles. The lowest BCUT2D eigenvalue weighted by molar-refractivity contribution is 0.245. The number of aryl methyl sites for hydroxylation is 2. The lowest BCUT2D eigenvalue weighted by atomic mass is 9.93. The summed E-state index contributed by atoms with van der Waals surface area (Å²) in [7, 11) is 1.47. The molecule has 0 saturated carbocycles. The van der Waals surface area contributed by atoms with E-state index in [1.54, 1.807) is 0 Å². The fourth-order valence-electron chi connectivity index (χ4n) is 2.49. The van der Waals surface area contributed by atoms with E-state index in [1.807, 2.05) is 23.9 Å². The first kappa shape index (κ1) is 17.1. The maximum absolute atomic E-state index is 11.6. The second-order valence-electron chi connectivity index (χ2n) is 6.62. The molecule has 2 N–H and O–H groups in total. The normalized spacial score (nSPS) is 11.7. The van der Waals surface area contributed by atoms with Crippen LogP contribution in [0.25, 0.3) is 0 Å². The van der Waals surface area contributed by atoms with Crippen molar-refractivity contribution in [1.29, 1.82) is 0 Å². The van der Waals surface area contributed by atoms with Gasteiger partial charge in [0.05, 0.1) is 24.2 Å². The molecule has 0 aliphatic carbocycles. The van der Waals surface area contributed by atoms with Crippen LogP contribution in [-0.2, 0) is 18.4 Å². The van der Waals surface area contributed by atoms with Crippen molar-refractivity contribution in [2.45, 2.75) is 52.5 Å². The van der Waals surface area contributed by atoms with E-state index in [0.29, 0.717) is 6.42 Å². The Labute approximate surface area is 136 Å². The molecule has 0 bridgehead atoms. The van der Waals surface area contributed by atoms with E-state index in [1.165, 1.54) is 11.7 Å². The third-order valence-electron chi connectivity index (χ3n) is 3.76. The summed E-state index contributed by atoms with van der Waals surface area (Å²) >= 11 is 0. The Morgan fingerprint density at radius 1 is 1.39 bits per heavy atom. The van der Waals surface area contributed by atoms with Gasteiger partial charge >= 0.3 is 12.0 Å². The van der Waals surface area contributed by atoms with Crippen molar-refractivity contribution < 1.29 is 9.53 Å². The predicted octanol–water partition coefficient (Wildman–Crippen LogP) is 2.25. The minimum Gasteiger partial charge on any atom is -0.468 e. The van der Waals surface area contributed by atoms with Crippen molar-refractivity contribution in [3.63, 3.8) is 0 Å². The van der Waals surface area contributed by atoms with Crippen molar-refractivity contribution >= 4 is 6.03 Å². The van der Waals surface area contributed by atoms with E-state index in [0.717, 1.165) is 30.0 Å². The average Bonchev–Trinajstić information content (AvgIpc) is 3.03. The molecule has 0 unspecified atom stereocenters. The van der Waals surface area contributed by atoms with Crippen LogP contribution in [0.4, 0.5) is 4.79 Å². The first-order chi connectivity index (χ1) is 10.7. The molecule has 0 saturated heterocycles. The molecule has 7 nitrogen and oxygen atoms in total. The number of rotatable bonds is 5. The summed E-state index contributed by atoms with van der Waals surface area (Å²) in [4.78, 5) is 15.8. The number of carbonyl (C=O) groups excluding carboxylic acids is 1. The van der Waals surface area contributed by atoms with Gasteiger partial charge in [-0.25, -0.2) is 9.36 Å². The van der Waals surface area contributed by atoms with E-state index in [2.05, 4.69) is 30.9 Å². The Morgan fingerprint density at radius 3 is 2.61 bits per heavy atom. The van der Waals surface area contributed by atoms with E-state index in [9.17, 15) is 4.79 Å². The molecule has 2 aromatic rings. The van der Waals surface area contributed by atoms with Crippen LogP contribution in [0.15, 0.2) is 12.3 Å². The van der Waals surface area contributed by atoms with Gasteiger partial charge in [-0.2, -0.15) is 10.1 Å². The van der Waals surface area contributed by atoms with Gasteiger partial charge in [0.1, 0.15) is 0 Å². The van der Waals surface area contributed by atoms with Crippen LogP contribution in [-0.4, -0.2) is 32.5 Å². The van der Waals surface area contributed by atoms with E-state index < -0.39 is 6.03 Å². The molecular weight excluding hydrogens is 294 g/mol. The molecule has 2 aromatic heterocycles. The third-order valence-corrected chi connectivity index (χ3v) is 3.76. The monoisotopic (exact) mass is 319 g/mol. The second-order valence-corrected chi connectivity index (χ2v) is 6.62. The highest BCUT2D eigenvalue weighted by Gasteiger charge is 2.19. The second kappa shape index (κ2) is 6.44. The number of aromatic nitrogens is 4. The van der Waals surface area contributed by atoms with Gasteiger partial charge in [0.2, 0.25) is 0 Å². The van der Waals surface area contributed by atoms with Crippen LogP contribution >= 0.6 is 0 Å². The number of nitrogens with two attached hydrogens (primary N) is 1. The molecule has 1 amide bonds. The number of imidazole rings is 1. The van der Waals surface area contributed by atoms with Gasteiger partial charge < -0.3 is 10.5 Å². The molecule has 0 spiro atoms. The topological polar surface area (TPSA) is 88.0 Å². The summed E-state index contributed by atoms with van der Waals surface area (Å²) in [6.07, 6.45) is 3.49. The van der Waals surface area contributed by atoms with Gasteiger partial charge in [0.25, 0.3) is 0 Å². The largest absolute Gasteiger partial charge is 0.468 e. The zero-order valence-electron chi connectivity index (χ0n) is 14.5. The summed E-state index contributed by atoms with van der Waals surface area (Å²) in [6.45, 7) is 9.03. The lowest BCUT2D eigenvalue weighted by Gasteiger charge is -2.14. The maximum atomic E-state index is 11.6. The number of primary amides is 1. The molecule has 0 radical (unpaired) electrons. The summed E-state index contributed by atoms with van der Waals surface area (Å²) in [5.41, 5.74) is 8.08. The number of methoxy groups -OCH3 is 1. The molecule has 0 aliphatic rings. The smallest absolute Gasteiger partial charge is 0.327 e. The zero-order chi connectivity index (χ0) is 17.2. The Kier molecular flexibility index (Phi) is 4.77. The zero-order valence-corrected chi connectivity index (χ0v) is 14.5. The lowest BCUT2D eigenvalue weighted by Crippen LogP contribution is -2.22. The number of nitrogens with zero attached hydrogens (tertiary/aromatic N) is 4. The summed E-state index contributed by atoms with van der Waals surface area (Å²) in [5.74, 6) is 0. The first-order valence-corrected chi connectivity index (χ1v) is 7.70. The molecule has 0 fully saturated rings. The molecule has 23 heavy (non-hydrogen) atoms. The molecule has 2 rings (SSSR count). The first-order valence-electron chi connectivity index (χ1n) is 7.70. The standard InChI is InChI=1S/C16H25N5O2/c1-11-12(21(14(17)22)15(18-11)23-5)7-6-9-20-10-8-13(19-20)16(2,3)4/h8,10H,6-7,9H2,1-5H3,(H2,17,22). The van der Waals surface area contributed by atoms with Crippen molar-refractivity contribution in [3.8, 4) is 6.01 Å². The molecule has 0 aliphatic heterocycles. The quantitative estimate of drug-likeness (QED) is 0.915. The average molecular weight is 319 g/mol. The SMILES string of the molecule is COc1nc(C)c(CCCn2ccc(C(C)(C)C)n2)n1C(N)=O. The number of hydrogen-bond acceptors (Lipinski definition) is 4. The highest BCUT2D eigenvalue weighted by molar-refractivity contribution is 5.77. The van der Waals surface area contributed by atoms with Gasteiger partial charge in [-0.1, -0.05) is 20.8 Å². The van der Waals surface area contributed by atoms with Crippen LogP contribution in [0.1, 0.15) is 44.3 Å². The van der Waals surface area contributed by atoms with Gasteiger partial charge in [-0.15, -0.1) is 0 Å². The van der Waals surface area contributed by atoms with E-state index in [4.69, 9.17) is 10.5 Å². The molecule has 126 valence electrons. The number of hydrogen-bond donors (Lipinski definition) is 1. The Hall–Kier alpha value is -2.31. The van der Waals surface area contributed by atoms with Gasteiger partial charge in [0, 0.05) is 18.2 Å². The van der Waals surface area contributed by atoms with Crippen molar-refractivity contribution in [1.82, 2.24) is 19.3 Å². The summed E-state index contributed by atoms with van der Waals surface area (Å²) in [6, 6.07) is 1.70. The maximum Gasteiger partial charge on any atom is 0.327 e. The number of carbonyl (C=O) groups is 1. The summed E-state index contributed by atoms with van der Waals surface area (Å²) < 4.78 is 8.37. The van der Waals surface area contributed by atoms with Gasteiger partial charge in [0.15, 0.2) is 0 Å². The van der Waals surface area contributed by atoms with Crippen molar-refractivity contribution in [2.75, 3.05) is 7.11 Å². The Balaban J connectivity index is 2.06. The van der Waals surface area contributed by atoms with E-state index >= 15 is 0 Å². The van der Waals surface area contributed by atoms with Crippen LogP contribution in [0.2, 0.25) is 0 Å². The highest BCUT2D eigenvalue weighted by Crippen LogP contribution is 2.21. The third kappa shape index (κ3) is 3.72. The van der Waals surface area contributed by atoms with Crippen LogP contribution < -0.4 is 10.5 Å². The molecule has 0 aromatic carbocycles. The minimum absolute atomic E-state index is 0.0415. The van der Waals surface area contributed by atoms with Gasteiger partial charge in [-0.3, -0.25) is 4.68 Å².